The second kappa shape index (κ2) is 6.22. The first-order valence-electron chi connectivity index (χ1n) is 6.25. The fourth-order valence-electron chi connectivity index (χ4n) is 1.90. The first-order chi connectivity index (χ1) is 9.24. The summed E-state index contributed by atoms with van der Waals surface area (Å²) in [5.74, 6) is 0.0703. The summed E-state index contributed by atoms with van der Waals surface area (Å²) in [6, 6.07) is 5.41. The summed E-state index contributed by atoms with van der Waals surface area (Å²) in [6.45, 7) is 3.02. The highest BCUT2D eigenvalue weighted by atomic mass is 16.6. The molecule has 1 aromatic rings. The lowest BCUT2D eigenvalue weighted by Crippen LogP contribution is -2.21. The summed E-state index contributed by atoms with van der Waals surface area (Å²) in [6.07, 6.45) is 0.924. The Morgan fingerprint density at radius 2 is 2.11 bits per heavy atom. The Labute approximate surface area is 111 Å². The second-order valence-electron chi connectivity index (χ2n) is 4.18. The van der Waals surface area contributed by atoms with Crippen LogP contribution in [-0.2, 0) is 20.7 Å². The minimum absolute atomic E-state index is 0.268. The fourth-order valence-corrected chi connectivity index (χ4v) is 1.90. The molecule has 1 atom stereocenters. The van der Waals surface area contributed by atoms with Gasteiger partial charge >= 0.3 is 5.97 Å². The Morgan fingerprint density at radius 1 is 1.37 bits per heavy atom. The molecule has 0 N–H and O–H groups in total. The molecule has 1 aliphatic rings. The SMILES string of the molecule is CCOC(=O)C(C=O)Cc1ccc2c(c1)OCCO2. The maximum Gasteiger partial charge on any atom is 0.316 e. The molecule has 1 heterocycles. The zero-order chi connectivity index (χ0) is 13.7. The number of fused-ring (bicyclic) bond motifs is 1. The Morgan fingerprint density at radius 3 is 2.79 bits per heavy atom. The van der Waals surface area contributed by atoms with Gasteiger partial charge in [-0.25, -0.2) is 0 Å². The minimum atomic E-state index is -0.775. The van der Waals surface area contributed by atoms with Crippen molar-refractivity contribution < 1.29 is 23.8 Å². The van der Waals surface area contributed by atoms with E-state index in [1.54, 1.807) is 19.1 Å². The maximum absolute atomic E-state index is 11.6. The largest absolute Gasteiger partial charge is 0.486 e. The van der Waals surface area contributed by atoms with E-state index in [0.717, 1.165) is 5.56 Å². The molecule has 5 nitrogen and oxygen atoms in total. The summed E-state index contributed by atoms with van der Waals surface area (Å²) in [5.41, 5.74) is 0.842. The molecule has 1 aliphatic heterocycles. The number of esters is 1. The van der Waals surface area contributed by atoms with Crippen LogP contribution < -0.4 is 9.47 Å². The standard InChI is InChI=1S/C14H16O5/c1-2-17-14(16)11(9-15)7-10-3-4-12-13(8-10)19-6-5-18-12/h3-4,8-9,11H,2,5-7H2,1H3. The molecule has 0 aliphatic carbocycles. The summed E-state index contributed by atoms with van der Waals surface area (Å²) in [5, 5.41) is 0. The van der Waals surface area contributed by atoms with Gasteiger partial charge in [-0.05, 0) is 31.0 Å². The maximum atomic E-state index is 11.6. The van der Waals surface area contributed by atoms with E-state index >= 15 is 0 Å². The molecule has 5 heteroatoms. The first kappa shape index (κ1) is 13.4. The van der Waals surface area contributed by atoms with Crippen molar-refractivity contribution in [2.24, 2.45) is 5.92 Å². The number of ether oxygens (including phenoxy) is 3. The van der Waals surface area contributed by atoms with E-state index in [1.165, 1.54) is 0 Å². The lowest BCUT2D eigenvalue weighted by Gasteiger charge is -2.19. The molecule has 2 rings (SSSR count). The number of benzene rings is 1. The van der Waals surface area contributed by atoms with Crippen molar-refractivity contribution >= 4 is 12.3 Å². The van der Waals surface area contributed by atoms with Crippen LogP contribution in [-0.4, -0.2) is 32.1 Å². The van der Waals surface area contributed by atoms with Crippen LogP contribution in [0.1, 0.15) is 12.5 Å². The van der Waals surface area contributed by atoms with Gasteiger partial charge in [0.2, 0.25) is 0 Å². The minimum Gasteiger partial charge on any atom is -0.486 e. The molecule has 1 unspecified atom stereocenters. The monoisotopic (exact) mass is 264 g/mol. The van der Waals surface area contributed by atoms with Gasteiger partial charge in [-0.3, -0.25) is 4.79 Å². The molecule has 19 heavy (non-hydrogen) atoms. The Kier molecular flexibility index (Phi) is 4.39. The first-order valence-corrected chi connectivity index (χ1v) is 6.25. The molecule has 102 valence electrons. The van der Waals surface area contributed by atoms with Crippen molar-refractivity contribution in [2.45, 2.75) is 13.3 Å². The average molecular weight is 264 g/mol. The predicted octanol–water partition coefficient (Wildman–Crippen LogP) is 1.38. The van der Waals surface area contributed by atoms with Gasteiger partial charge < -0.3 is 19.0 Å². The Bertz CT molecular complexity index is 469. The fraction of sp³-hybridized carbons (Fsp3) is 0.429. The van der Waals surface area contributed by atoms with Crippen molar-refractivity contribution in [3.63, 3.8) is 0 Å². The van der Waals surface area contributed by atoms with Crippen molar-refractivity contribution in [3.05, 3.63) is 23.8 Å². The van der Waals surface area contributed by atoms with Gasteiger partial charge in [0.25, 0.3) is 0 Å². The zero-order valence-corrected chi connectivity index (χ0v) is 10.8. The van der Waals surface area contributed by atoms with E-state index in [1.807, 2.05) is 6.07 Å². The lowest BCUT2D eigenvalue weighted by molar-refractivity contribution is -0.149. The van der Waals surface area contributed by atoms with Crippen molar-refractivity contribution in [2.75, 3.05) is 19.8 Å². The molecular formula is C14H16O5. The highest BCUT2D eigenvalue weighted by Crippen LogP contribution is 2.31. The van der Waals surface area contributed by atoms with Gasteiger partial charge in [0, 0.05) is 0 Å². The summed E-state index contributed by atoms with van der Waals surface area (Å²) in [4.78, 5) is 22.5. The van der Waals surface area contributed by atoms with Crippen LogP contribution in [0, 0.1) is 5.92 Å². The van der Waals surface area contributed by atoms with Crippen LogP contribution in [0.3, 0.4) is 0 Å². The van der Waals surface area contributed by atoms with Gasteiger partial charge in [0.05, 0.1) is 6.61 Å². The second-order valence-corrected chi connectivity index (χ2v) is 4.18. The van der Waals surface area contributed by atoms with E-state index in [9.17, 15) is 9.59 Å². The van der Waals surface area contributed by atoms with Crippen LogP contribution in [0.25, 0.3) is 0 Å². The molecule has 0 amide bonds. The third kappa shape index (κ3) is 3.24. The number of hydrogen-bond donors (Lipinski definition) is 0. The molecule has 0 bridgehead atoms. The van der Waals surface area contributed by atoms with Gasteiger partial charge in [-0.2, -0.15) is 0 Å². The third-order valence-electron chi connectivity index (χ3n) is 2.82. The molecule has 0 radical (unpaired) electrons. The number of rotatable bonds is 5. The van der Waals surface area contributed by atoms with E-state index in [2.05, 4.69) is 0 Å². The summed E-state index contributed by atoms with van der Waals surface area (Å²) < 4.78 is 15.7. The smallest absolute Gasteiger partial charge is 0.316 e. The quantitative estimate of drug-likeness (QED) is 0.457. The molecule has 1 aromatic carbocycles. The van der Waals surface area contributed by atoms with Gasteiger partial charge in [-0.1, -0.05) is 6.07 Å². The number of carbonyl (C=O) groups is 2. The molecule has 0 aromatic heterocycles. The number of carbonyl (C=O) groups excluding carboxylic acids is 2. The molecule has 0 saturated carbocycles. The Hall–Kier alpha value is -2.04. The molecular weight excluding hydrogens is 248 g/mol. The van der Waals surface area contributed by atoms with Crippen LogP contribution in [0.2, 0.25) is 0 Å². The van der Waals surface area contributed by atoms with Gasteiger partial charge in [0.1, 0.15) is 25.4 Å². The van der Waals surface area contributed by atoms with Crippen molar-refractivity contribution in [3.8, 4) is 11.5 Å². The number of hydrogen-bond acceptors (Lipinski definition) is 5. The molecule has 0 fully saturated rings. The van der Waals surface area contributed by atoms with Crippen LogP contribution >= 0.6 is 0 Å². The van der Waals surface area contributed by atoms with Crippen LogP contribution in [0.4, 0.5) is 0 Å². The van der Waals surface area contributed by atoms with Crippen molar-refractivity contribution in [1.82, 2.24) is 0 Å². The average Bonchev–Trinajstić information content (AvgIpc) is 2.44. The summed E-state index contributed by atoms with van der Waals surface area (Å²) >= 11 is 0. The van der Waals surface area contributed by atoms with Gasteiger partial charge in [-0.15, -0.1) is 0 Å². The predicted molar refractivity (Wildman–Crippen MR) is 67.3 cm³/mol. The van der Waals surface area contributed by atoms with E-state index < -0.39 is 11.9 Å². The zero-order valence-electron chi connectivity index (χ0n) is 10.8. The van der Waals surface area contributed by atoms with Crippen LogP contribution in [0.15, 0.2) is 18.2 Å². The lowest BCUT2D eigenvalue weighted by atomic mass is 10.0. The van der Waals surface area contributed by atoms with Gasteiger partial charge in [0.15, 0.2) is 11.5 Å². The normalized spacial score (nSPS) is 14.6. The number of aldehydes is 1. The van der Waals surface area contributed by atoms with Crippen molar-refractivity contribution in [1.29, 1.82) is 0 Å². The third-order valence-corrected chi connectivity index (χ3v) is 2.82. The Balaban J connectivity index is 2.09. The van der Waals surface area contributed by atoms with E-state index in [-0.39, 0.29) is 6.61 Å². The molecule has 0 spiro atoms. The highest BCUT2D eigenvalue weighted by molar-refractivity contribution is 5.88. The highest BCUT2D eigenvalue weighted by Gasteiger charge is 2.20. The summed E-state index contributed by atoms with van der Waals surface area (Å²) in [7, 11) is 0. The molecule has 0 saturated heterocycles. The van der Waals surface area contributed by atoms with E-state index in [4.69, 9.17) is 14.2 Å². The van der Waals surface area contributed by atoms with E-state index in [0.29, 0.717) is 37.4 Å². The van der Waals surface area contributed by atoms with Crippen LogP contribution in [0.5, 0.6) is 11.5 Å². The topological polar surface area (TPSA) is 61.8 Å².